The Morgan fingerprint density at radius 3 is 2.48 bits per heavy atom. The highest BCUT2D eigenvalue weighted by molar-refractivity contribution is 5.79. The summed E-state index contributed by atoms with van der Waals surface area (Å²) in [5, 5.41) is 0.350. The average Bonchev–Trinajstić information content (AvgIpc) is 2.71. The van der Waals surface area contributed by atoms with Crippen LogP contribution in [-0.2, 0) is 22.9 Å². The maximum Gasteiger partial charge on any atom is 0.312 e. The molecule has 0 saturated carbocycles. The van der Waals surface area contributed by atoms with Crippen molar-refractivity contribution in [3.63, 3.8) is 0 Å². The number of hydrogen-bond acceptors (Lipinski definition) is 6. The molecule has 2 aromatic carbocycles. The summed E-state index contributed by atoms with van der Waals surface area (Å²) >= 11 is 0. The minimum absolute atomic E-state index is 0.0817. The first kappa shape index (κ1) is 20.4. The van der Waals surface area contributed by atoms with E-state index in [9.17, 15) is 9.59 Å². The van der Waals surface area contributed by atoms with Crippen LogP contribution in [0.4, 0.5) is 0 Å². The van der Waals surface area contributed by atoms with Gasteiger partial charge in [-0.3, -0.25) is 9.59 Å². The van der Waals surface area contributed by atoms with Crippen LogP contribution in [0, 0.1) is 5.41 Å². The predicted octanol–water partition coefficient (Wildman–Crippen LogP) is 3.53. The third kappa shape index (κ3) is 4.74. The van der Waals surface area contributed by atoms with E-state index >= 15 is 0 Å². The normalized spacial score (nSPS) is 11.3. The van der Waals surface area contributed by atoms with E-state index in [0.29, 0.717) is 16.7 Å². The van der Waals surface area contributed by atoms with Crippen LogP contribution >= 0.6 is 0 Å². The minimum atomic E-state index is -0.692. The number of fused-ring (bicyclic) bond motifs is 1. The molecule has 1 aromatic heterocycles. The van der Waals surface area contributed by atoms with Crippen molar-refractivity contribution in [3.8, 4) is 11.8 Å². The van der Waals surface area contributed by atoms with E-state index in [-0.39, 0.29) is 24.9 Å². The summed E-state index contributed by atoms with van der Waals surface area (Å²) < 4.78 is 17.6. The number of aromatic nitrogens is 2. The summed E-state index contributed by atoms with van der Waals surface area (Å²) in [6.45, 7) is 5.17. The highest BCUT2D eigenvalue weighted by Gasteiger charge is 2.24. The second-order valence-electron chi connectivity index (χ2n) is 7.60. The van der Waals surface area contributed by atoms with Crippen molar-refractivity contribution < 1.29 is 19.0 Å². The quantitative estimate of drug-likeness (QED) is 0.593. The van der Waals surface area contributed by atoms with Crippen LogP contribution in [-0.4, -0.2) is 22.6 Å². The summed E-state index contributed by atoms with van der Waals surface area (Å²) in [4.78, 5) is 29.7. The molecule has 7 nitrogen and oxygen atoms in total. The fourth-order valence-electron chi connectivity index (χ4n) is 2.59. The number of benzene rings is 2. The van der Waals surface area contributed by atoms with E-state index in [1.165, 1.54) is 11.7 Å². The van der Waals surface area contributed by atoms with Crippen LogP contribution in [0.25, 0.3) is 10.9 Å². The summed E-state index contributed by atoms with van der Waals surface area (Å²) in [6.07, 6.45) is 0. The molecule has 29 heavy (non-hydrogen) atoms. The molecule has 3 aromatic rings. The number of nitrogens with zero attached hydrogens (tertiary/aromatic N) is 2. The zero-order chi connectivity index (χ0) is 21.0. The summed E-state index contributed by atoms with van der Waals surface area (Å²) in [5.41, 5.74) is 0.327. The first-order chi connectivity index (χ1) is 13.8. The summed E-state index contributed by atoms with van der Waals surface area (Å²) in [7, 11) is 1.52. The summed E-state index contributed by atoms with van der Waals surface area (Å²) in [6, 6.07) is 14.6. The fraction of sp³-hybridized carbons (Fsp3) is 0.318. The maximum absolute atomic E-state index is 13.1. The Labute approximate surface area is 168 Å². The van der Waals surface area contributed by atoms with E-state index < -0.39 is 11.4 Å². The van der Waals surface area contributed by atoms with Gasteiger partial charge in [-0.2, -0.15) is 4.98 Å². The van der Waals surface area contributed by atoms with Crippen LogP contribution in [0.3, 0.4) is 0 Å². The van der Waals surface area contributed by atoms with Crippen LogP contribution in [0.15, 0.2) is 53.3 Å². The van der Waals surface area contributed by atoms with Gasteiger partial charge in [-0.1, -0.05) is 30.3 Å². The largest absolute Gasteiger partial charge is 0.497 e. The second kappa shape index (κ2) is 8.34. The Morgan fingerprint density at radius 1 is 1.10 bits per heavy atom. The van der Waals surface area contributed by atoms with E-state index in [0.717, 1.165) is 5.56 Å². The van der Waals surface area contributed by atoms with Crippen molar-refractivity contribution in [2.24, 2.45) is 5.41 Å². The third-order valence-corrected chi connectivity index (χ3v) is 4.27. The molecule has 7 heteroatoms. The number of carbonyl (C=O) groups excluding carboxylic acids is 1. The van der Waals surface area contributed by atoms with Gasteiger partial charge in [0.05, 0.1) is 23.4 Å². The first-order valence-electron chi connectivity index (χ1n) is 9.22. The standard InChI is InChI=1S/C22H24N2O5/c1-22(2,3)20(26)29-14-24-19(25)17-12-16(27-4)10-11-18(17)23-21(24)28-13-15-8-6-5-7-9-15/h5-12H,13-14H2,1-4H3. The van der Waals surface area contributed by atoms with Gasteiger partial charge in [0.15, 0.2) is 6.73 Å². The highest BCUT2D eigenvalue weighted by Crippen LogP contribution is 2.21. The van der Waals surface area contributed by atoms with Crippen molar-refractivity contribution in [3.05, 3.63) is 64.4 Å². The van der Waals surface area contributed by atoms with Gasteiger partial charge in [0.2, 0.25) is 0 Å². The van der Waals surface area contributed by atoms with Gasteiger partial charge in [-0.05, 0) is 44.5 Å². The Bertz CT molecular complexity index is 1070. The van der Waals surface area contributed by atoms with Crippen molar-refractivity contribution in [1.29, 1.82) is 0 Å². The van der Waals surface area contributed by atoms with Crippen molar-refractivity contribution >= 4 is 16.9 Å². The van der Waals surface area contributed by atoms with Gasteiger partial charge >= 0.3 is 12.0 Å². The molecule has 3 rings (SSSR count). The van der Waals surface area contributed by atoms with Gasteiger partial charge in [-0.15, -0.1) is 0 Å². The molecule has 0 N–H and O–H groups in total. The lowest BCUT2D eigenvalue weighted by molar-refractivity contribution is -0.157. The molecule has 1 heterocycles. The number of esters is 1. The van der Waals surface area contributed by atoms with Crippen LogP contribution in [0.5, 0.6) is 11.8 Å². The molecular formula is C22H24N2O5. The van der Waals surface area contributed by atoms with Gasteiger partial charge in [0, 0.05) is 0 Å². The van der Waals surface area contributed by atoms with Crippen molar-refractivity contribution in [1.82, 2.24) is 9.55 Å². The Balaban J connectivity index is 1.99. The lowest BCUT2D eigenvalue weighted by Gasteiger charge is -2.19. The number of carbonyl (C=O) groups is 1. The van der Waals surface area contributed by atoms with Crippen molar-refractivity contribution in [2.75, 3.05) is 7.11 Å². The Morgan fingerprint density at radius 2 is 1.83 bits per heavy atom. The van der Waals surface area contributed by atoms with Gasteiger partial charge in [0.1, 0.15) is 12.4 Å². The zero-order valence-corrected chi connectivity index (χ0v) is 17.0. The number of rotatable bonds is 6. The number of ether oxygens (including phenoxy) is 3. The molecular weight excluding hydrogens is 372 g/mol. The molecule has 0 radical (unpaired) electrons. The zero-order valence-electron chi connectivity index (χ0n) is 17.0. The SMILES string of the molecule is COc1ccc2nc(OCc3ccccc3)n(COC(=O)C(C)(C)C)c(=O)c2c1. The van der Waals surface area contributed by atoms with Crippen LogP contribution in [0.1, 0.15) is 26.3 Å². The van der Waals surface area contributed by atoms with Crippen LogP contribution < -0.4 is 15.0 Å². The minimum Gasteiger partial charge on any atom is -0.497 e. The molecule has 0 amide bonds. The topological polar surface area (TPSA) is 79.7 Å². The molecule has 0 aliphatic rings. The van der Waals surface area contributed by atoms with E-state index in [1.807, 2.05) is 30.3 Å². The fourth-order valence-corrected chi connectivity index (χ4v) is 2.59. The number of hydrogen-bond donors (Lipinski definition) is 0. The summed E-state index contributed by atoms with van der Waals surface area (Å²) in [5.74, 6) is 0.108. The Hall–Kier alpha value is -3.35. The lowest BCUT2D eigenvalue weighted by Crippen LogP contribution is -2.29. The molecule has 0 fully saturated rings. The molecule has 0 saturated heterocycles. The molecule has 0 atom stereocenters. The van der Waals surface area contributed by atoms with Gasteiger partial charge < -0.3 is 14.2 Å². The van der Waals surface area contributed by atoms with E-state index in [1.54, 1.807) is 39.0 Å². The molecule has 0 spiro atoms. The highest BCUT2D eigenvalue weighted by atomic mass is 16.6. The van der Waals surface area contributed by atoms with E-state index in [4.69, 9.17) is 14.2 Å². The van der Waals surface area contributed by atoms with Crippen LogP contribution in [0.2, 0.25) is 0 Å². The predicted molar refractivity (Wildman–Crippen MR) is 109 cm³/mol. The molecule has 0 unspecified atom stereocenters. The second-order valence-corrected chi connectivity index (χ2v) is 7.60. The van der Waals surface area contributed by atoms with Gasteiger partial charge in [0.25, 0.3) is 5.56 Å². The lowest BCUT2D eigenvalue weighted by atomic mass is 9.98. The monoisotopic (exact) mass is 396 g/mol. The molecule has 0 bridgehead atoms. The number of methoxy groups -OCH3 is 1. The molecule has 152 valence electrons. The molecule has 0 aliphatic heterocycles. The van der Waals surface area contributed by atoms with Crippen molar-refractivity contribution in [2.45, 2.75) is 34.1 Å². The Kier molecular flexibility index (Phi) is 5.87. The first-order valence-corrected chi connectivity index (χ1v) is 9.22. The average molecular weight is 396 g/mol. The smallest absolute Gasteiger partial charge is 0.312 e. The maximum atomic E-state index is 13.1. The molecule has 0 aliphatic carbocycles. The van der Waals surface area contributed by atoms with Gasteiger partial charge in [-0.25, -0.2) is 4.57 Å². The third-order valence-electron chi connectivity index (χ3n) is 4.27. The van der Waals surface area contributed by atoms with E-state index in [2.05, 4.69) is 4.98 Å².